The van der Waals surface area contributed by atoms with Crippen molar-refractivity contribution in [3.05, 3.63) is 69.7 Å². The third-order valence-electron chi connectivity index (χ3n) is 3.36. The molecule has 0 fully saturated rings. The van der Waals surface area contributed by atoms with E-state index in [2.05, 4.69) is 10.6 Å². The molecule has 2 heterocycles. The summed E-state index contributed by atoms with van der Waals surface area (Å²) in [4.78, 5) is 44.0. The van der Waals surface area contributed by atoms with Gasteiger partial charge in [0.1, 0.15) is 0 Å². The van der Waals surface area contributed by atoms with E-state index in [-0.39, 0.29) is 23.3 Å². The van der Waals surface area contributed by atoms with Gasteiger partial charge in [-0.05, 0) is 24.3 Å². The zero-order valence-corrected chi connectivity index (χ0v) is 12.3. The number of carbonyl (C=O) groups is 4. The van der Waals surface area contributed by atoms with Gasteiger partial charge in [0.25, 0.3) is 23.6 Å². The maximum absolute atomic E-state index is 11.1. The van der Waals surface area contributed by atoms with Gasteiger partial charge in [-0.25, -0.2) is 0 Å². The highest BCUT2D eigenvalue weighted by Gasteiger charge is 2.28. The molecule has 0 radical (unpaired) electrons. The lowest BCUT2D eigenvalue weighted by atomic mass is 10.1. The van der Waals surface area contributed by atoms with Crippen molar-refractivity contribution in [2.24, 2.45) is 0 Å². The maximum Gasteiger partial charge on any atom is 0.260 e. The Balaban J connectivity index is 0.000000136. The van der Waals surface area contributed by atoms with Crippen LogP contribution in [-0.4, -0.2) is 23.6 Å². The molecule has 2 aromatic carbocycles. The smallest absolute Gasteiger partial charge is 0.260 e. The lowest BCUT2D eigenvalue weighted by molar-refractivity contribution is 0.0863. The Hall–Kier alpha value is -2.99. The molecule has 2 aliphatic rings. The fraction of sp³-hybridized carbons (Fsp3) is 0. The number of hydrogen-bond donors (Lipinski definition) is 2. The van der Waals surface area contributed by atoms with Crippen LogP contribution in [0.2, 0.25) is 5.02 Å². The topological polar surface area (TPSA) is 92.3 Å². The van der Waals surface area contributed by atoms with Crippen molar-refractivity contribution < 1.29 is 19.2 Å². The zero-order valence-electron chi connectivity index (χ0n) is 11.6. The Bertz CT molecular complexity index is 843. The molecule has 7 heteroatoms. The number of rotatable bonds is 0. The van der Waals surface area contributed by atoms with Crippen LogP contribution in [0.1, 0.15) is 41.4 Å². The molecular formula is C16H9ClN2O4. The molecule has 0 spiro atoms. The summed E-state index contributed by atoms with van der Waals surface area (Å²) in [5.74, 6) is -1.39. The average Bonchev–Trinajstić information content (AvgIpc) is 2.99. The van der Waals surface area contributed by atoms with Crippen LogP contribution in [0.5, 0.6) is 0 Å². The first-order valence-corrected chi connectivity index (χ1v) is 6.95. The normalized spacial score (nSPS) is 14.5. The molecule has 0 aromatic heterocycles. The van der Waals surface area contributed by atoms with Gasteiger partial charge >= 0.3 is 0 Å². The lowest BCUT2D eigenvalue weighted by Gasteiger charge is -1.94. The summed E-state index contributed by atoms with van der Waals surface area (Å²) in [6, 6.07) is 11.5. The Labute approximate surface area is 135 Å². The fourth-order valence-corrected chi connectivity index (χ4v) is 2.55. The summed E-state index contributed by atoms with van der Waals surface area (Å²) in [7, 11) is 0. The number of imide groups is 2. The molecule has 0 unspecified atom stereocenters. The molecule has 6 nitrogen and oxygen atoms in total. The quantitative estimate of drug-likeness (QED) is 0.721. The van der Waals surface area contributed by atoms with Crippen LogP contribution in [-0.2, 0) is 0 Å². The van der Waals surface area contributed by atoms with Gasteiger partial charge in [0, 0.05) is 0 Å². The Kier molecular flexibility index (Phi) is 3.67. The van der Waals surface area contributed by atoms with Gasteiger partial charge < -0.3 is 0 Å². The number of amides is 4. The van der Waals surface area contributed by atoms with Crippen molar-refractivity contribution >= 4 is 35.2 Å². The largest absolute Gasteiger partial charge is 0.288 e. The van der Waals surface area contributed by atoms with Crippen molar-refractivity contribution in [3.63, 3.8) is 0 Å². The van der Waals surface area contributed by atoms with Crippen molar-refractivity contribution in [2.75, 3.05) is 0 Å². The second-order valence-corrected chi connectivity index (χ2v) is 5.18. The monoisotopic (exact) mass is 328 g/mol. The molecular weight excluding hydrogens is 320 g/mol. The van der Waals surface area contributed by atoms with Gasteiger partial charge in [-0.3, -0.25) is 29.8 Å². The minimum Gasteiger partial charge on any atom is -0.288 e. The molecule has 0 aliphatic carbocycles. The average molecular weight is 329 g/mol. The van der Waals surface area contributed by atoms with E-state index in [4.69, 9.17) is 11.6 Å². The van der Waals surface area contributed by atoms with Gasteiger partial charge in [-0.2, -0.15) is 0 Å². The summed E-state index contributed by atoms with van der Waals surface area (Å²) in [6.07, 6.45) is 0. The first kappa shape index (κ1) is 14.9. The summed E-state index contributed by atoms with van der Waals surface area (Å²) in [5.41, 5.74) is 1.58. The number of nitrogens with one attached hydrogen (secondary N) is 2. The van der Waals surface area contributed by atoms with Crippen LogP contribution in [0.4, 0.5) is 0 Å². The number of benzene rings is 2. The van der Waals surface area contributed by atoms with Gasteiger partial charge in [0.05, 0.1) is 27.3 Å². The van der Waals surface area contributed by atoms with Crippen molar-refractivity contribution in [2.45, 2.75) is 0 Å². The molecule has 0 saturated heterocycles. The van der Waals surface area contributed by atoms with Gasteiger partial charge in [-0.15, -0.1) is 0 Å². The first-order chi connectivity index (χ1) is 11.0. The summed E-state index contributed by atoms with van der Waals surface area (Å²) in [5, 5.41) is 4.68. The molecule has 4 amide bonds. The second-order valence-electron chi connectivity index (χ2n) is 4.77. The van der Waals surface area contributed by atoms with Crippen molar-refractivity contribution in [3.8, 4) is 0 Å². The predicted octanol–water partition coefficient (Wildman–Crippen LogP) is 1.79. The van der Waals surface area contributed by atoms with Crippen LogP contribution in [0.25, 0.3) is 0 Å². The van der Waals surface area contributed by atoms with Gasteiger partial charge in [0.2, 0.25) is 0 Å². The van der Waals surface area contributed by atoms with Crippen LogP contribution in [0.15, 0.2) is 42.5 Å². The Morgan fingerprint density at radius 2 is 1.09 bits per heavy atom. The standard InChI is InChI=1S/C8H4ClNO2.C8H5NO2/c9-5-3-1-2-4-6(5)8(12)10-7(4)11;10-7-5-3-1-2-4-6(5)8(11)9-7/h1-3H,(H,10,11,12);1-4H,(H,9,10,11). The van der Waals surface area contributed by atoms with E-state index in [9.17, 15) is 19.2 Å². The van der Waals surface area contributed by atoms with E-state index in [1.165, 1.54) is 0 Å². The van der Waals surface area contributed by atoms with Crippen molar-refractivity contribution in [1.29, 1.82) is 0 Å². The number of fused-ring (bicyclic) bond motifs is 2. The van der Waals surface area contributed by atoms with Crippen molar-refractivity contribution in [1.82, 2.24) is 10.6 Å². The molecule has 0 atom stereocenters. The van der Waals surface area contributed by atoms with Crippen LogP contribution >= 0.6 is 11.6 Å². The second kappa shape index (κ2) is 5.66. The van der Waals surface area contributed by atoms with Gasteiger partial charge in [0.15, 0.2) is 0 Å². The third kappa shape index (κ3) is 2.60. The highest BCUT2D eigenvalue weighted by atomic mass is 35.5. The van der Waals surface area contributed by atoms with E-state index in [1.807, 2.05) is 0 Å². The molecule has 4 rings (SSSR count). The molecule has 114 valence electrons. The van der Waals surface area contributed by atoms with E-state index in [0.717, 1.165) is 0 Å². The molecule has 2 aliphatic heterocycles. The highest BCUT2D eigenvalue weighted by Crippen LogP contribution is 2.23. The highest BCUT2D eigenvalue weighted by molar-refractivity contribution is 6.37. The zero-order chi connectivity index (χ0) is 16.6. The molecule has 0 saturated carbocycles. The van der Waals surface area contributed by atoms with E-state index in [0.29, 0.717) is 21.7 Å². The summed E-state index contributed by atoms with van der Waals surface area (Å²) in [6.45, 7) is 0. The SMILES string of the molecule is O=C1NC(=O)c2c(Cl)cccc21.O=C1NC(=O)c2ccccc21. The van der Waals surface area contributed by atoms with E-state index < -0.39 is 5.91 Å². The fourth-order valence-electron chi connectivity index (χ4n) is 2.29. The molecule has 2 N–H and O–H groups in total. The Morgan fingerprint density at radius 1 is 0.609 bits per heavy atom. The van der Waals surface area contributed by atoms with E-state index >= 15 is 0 Å². The first-order valence-electron chi connectivity index (χ1n) is 6.58. The van der Waals surface area contributed by atoms with Crippen LogP contribution in [0.3, 0.4) is 0 Å². The van der Waals surface area contributed by atoms with Crippen LogP contribution < -0.4 is 10.6 Å². The molecule has 2 aromatic rings. The Morgan fingerprint density at radius 3 is 1.65 bits per heavy atom. The minimum absolute atomic E-state index is 0.282. The molecule has 0 bridgehead atoms. The summed E-state index contributed by atoms with van der Waals surface area (Å²) < 4.78 is 0. The van der Waals surface area contributed by atoms with Gasteiger partial charge in [-0.1, -0.05) is 29.8 Å². The molecule has 23 heavy (non-hydrogen) atoms. The number of carbonyl (C=O) groups excluding carboxylic acids is 4. The van der Waals surface area contributed by atoms with E-state index in [1.54, 1.807) is 42.5 Å². The number of hydrogen-bond acceptors (Lipinski definition) is 4. The third-order valence-corrected chi connectivity index (χ3v) is 3.67. The number of halogens is 1. The van der Waals surface area contributed by atoms with Crippen LogP contribution in [0, 0.1) is 0 Å². The predicted molar refractivity (Wildman–Crippen MR) is 81.5 cm³/mol. The minimum atomic E-state index is -0.416. The maximum atomic E-state index is 11.1. The summed E-state index contributed by atoms with van der Waals surface area (Å²) >= 11 is 5.72. The lowest BCUT2D eigenvalue weighted by Crippen LogP contribution is -2.19.